The summed E-state index contributed by atoms with van der Waals surface area (Å²) in [4.78, 5) is 16.1. The number of nitrogen functional groups attached to an aromatic ring is 1. The van der Waals surface area contributed by atoms with E-state index in [9.17, 15) is 4.79 Å². The number of aromatic nitrogens is 2. The second-order valence-corrected chi connectivity index (χ2v) is 5.02. The first-order chi connectivity index (χ1) is 7.38. The van der Waals surface area contributed by atoms with Crippen molar-refractivity contribution in [3.63, 3.8) is 0 Å². The van der Waals surface area contributed by atoms with E-state index in [2.05, 4.69) is 4.98 Å². The Kier molecular flexibility index (Phi) is 2.40. The van der Waals surface area contributed by atoms with Crippen molar-refractivity contribution >= 4 is 11.8 Å². The third-order valence-electron chi connectivity index (χ3n) is 2.45. The van der Waals surface area contributed by atoms with Gasteiger partial charge in [-0.05, 0) is 27.2 Å². The van der Waals surface area contributed by atoms with Crippen LogP contribution in [0.3, 0.4) is 0 Å². The van der Waals surface area contributed by atoms with E-state index in [1.807, 2.05) is 25.3 Å². The molecule has 1 aromatic heterocycles. The van der Waals surface area contributed by atoms with Crippen LogP contribution >= 0.6 is 0 Å². The fourth-order valence-electron chi connectivity index (χ4n) is 1.89. The molecule has 0 aromatic carbocycles. The molecule has 0 fully saturated rings. The van der Waals surface area contributed by atoms with Crippen molar-refractivity contribution in [2.45, 2.75) is 45.8 Å². The van der Waals surface area contributed by atoms with Crippen molar-refractivity contribution in [3.05, 3.63) is 11.5 Å². The highest BCUT2D eigenvalue weighted by Crippen LogP contribution is 2.23. The first-order valence-corrected chi connectivity index (χ1v) is 5.47. The van der Waals surface area contributed by atoms with E-state index < -0.39 is 5.60 Å². The average Bonchev–Trinajstić information content (AvgIpc) is 2.58. The predicted octanol–water partition coefficient (Wildman–Crippen LogP) is 1.37. The summed E-state index contributed by atoms with van der Waals surface area (Å²) in [7, 11) is 0. The number of carbonyl (C=O) groups excluding carboxylic acids is 1. The summed E-state index contributed by atoms with van der Waals surface area (Å²) in [5.74, 6) is 0.785. The fraction of sp³-hybridized carbons (Fsp3) is 0.636. The van der Waals surface area contributed by atoms with Gasteiger partial charge in [-0.3, -0.25) is 0 Å². The maximum Gasteiger partial charge on any atom is 0.359 e. The third-order valence-corrected chi connectivity index (χ3v) is 2.45. The number of hydrogen-bond acceptors (Lipinski definition) is 4. The zero-order chi connectivity index (χ0) is 11.9. The van der Waals surface area contributed by atoms with Crippen LogP contribution in [0.2, 0.25) is 0 Å². The number of fused-ring (bicyclic) bond motifs is 1. The van der Waals surface area contributed by atoms with Crippen LogP contribution in [-0.2, 0) is 17.7 Å². The summed E-state index contributed by atoms with van der Waals surface area (Å²) in [6.07, 6.45) is 1.89. The van der Waals surface area contributed by atoms with Gasteiger partial charge in [-0.2, -0.15) is 0 Å². The van der Waals surface area contributed by atoms with Crippen LogP contribution in [-0.4, -0.2) is 21.1 Å². The van der Waals surface area contributed by atoms with Gasteiger partial charge in [0, 0.05) is 13.0 Å². The summed E-state index contributed by atoms with van der Waals surface area (Å²) in [6.45, 7) is 6.31. The summed E-state index contributed by atoms with van der Waals surface area (Å²) < 4.78 is 7.17. The minimum atomic E-state index is -0.507. The molecule has 5 nitrogen and oxygen atoms in total. The van der Waals surface area contributed by atoms with Crippen LogP contribution < -0.4 is 5.73 Å². The van der Waals surface area contributed by atoms with E-state index >= 15 is 0 Å². The van der Waals surface area contributed by atoms with Gasteiger partial charge in [-0.15, -0.1) is 0 Å². The molecule has 0 spiro atoms. The van der Waals surface area contributed by atoms with Gasteiger partial charge in [0.2, 0.25) is 0 Å². The number of nitrogens with two attached hydrogens (primary N) is 1. The second-order valence-electron chi connectivity index (χ2n) is 5.02. The molecule has 1 aromatic rings. The van der Waals surface area contributed by atoms with E-state index in [1.165, 1.54) is 0 Å². The monoisotopic (exact) mass is 223 g/mol. The molecule has 0 atom stereocenters. The SMILES string of the molecule is CC(C)(C)OC(=O)c1c(N)nc2n1CCC2. The van der Waals surface area contributed by atoms with Crippen molar-refractivity contribution in [2.24, 2.45) is 0 Å². The Bertz CT molecular complexity index is 429. The number of nitrogens with zero attached hydrogens (tertiary/aromatic N) is 2. The lowest BCUT2D eigenvalue weighted by Crippen LogP contribution is -2.26. The summed E-state index contributed by atoms with van der Waals surface area (Å²) in [5.41, 5.74) is 5.64. The van der Waals surface area contributed by atoms with Gasteiger partial charge in [0.05, 0.1) is 0 Å². The normalized spacial score (nSPS) is 14.9. The van der Waals surface area contributed by atoms with E-state index in [4.69, 9.17) is 10.5 Å². The molecule has 0 bridgehead atoms. The highest BCUT2D eigenvalue weighted by atomic mass is 16.6. The molecule has 1 aliphatic heterocycles. The van der Waals surface area contributed by atoms with Crippen molar-refractivity contribution in [1.29, 1.82) is 0 Å². The highest BCUT2D eigenvalue weighted by molar-refractivity contribution is 5.93. The van der Waals surface area contributed by atoms with Crippen LogP contribution in [0.15, 0.2) is 0 Å². The third kappa shape index (κ3) is 1.89. The molecule has 2 rings (SSSR count). The van der Waals surface area contributed by atoms with Crippen molar-refractivity contribution < 1.29 is 9.53 Å². The van der Waals surface area contributed by atoms with Gasteiger partial charge in [0.25, 0.3) is 0 Å². The zero-order valence-corrected chi connectivity index (χ0v) is 9.91. The summed E-state index contributed by atoms with van der Waals surface area (Å²) in [5, 5.41) is 0. The van der Waals surface area contributed by atoms with Crippen LogP contribution in [0.25, 0.3) is 0 Å². The molecule has 0 amide bonds. The molecule has 1 aliphatic rings. The van der Waals surface area contributed by atoms with E-state index in [0.29, 0.717) is 5.69 Å². The minimum absolute atomic E-state index is 0.281. The second kappa shape index (κ2) is 3.50. The molecule has 16 heavy (non-hydrogen) atoms. The van der Waals surface area contributed by atoms with E-state index in [-0.39, 0.29) is 11.8 Å². The molecule has 88 valence electrons. The molecule has 5 heteroatoms. The minimum Gasteiger partial charge on any atom is -0.455 e. The maximum absolute atomic E-state index is 11.9. The Balaban J connectivity index is 2.30. The van der Waals surface area contributed by atoms with Crippen LogP contribution in [0.4, 0.5) is 5.82 Å². The summed E-state index contributed by atoms with van der Waals surface area (Å²) in [6, 6.07) is 0. The largest absolute Gasteiger partial charge is 0.455 e. The lowest BCUT2D eigenvalue weighted by atomic mass is 10.2. The molecular weight excluding hydrogens is 206 g/mol. The number of aryl methyl sites for hydroxylation is 1. The topological polar surface area (TPSA) is 70.1 Å². The highest BCUT2D eigenvalue weighted by Gasteiger charge is 2.28. The van der Waals surface area contributed by atoms with Crippen molar-refractivity contribution in [2.75, 3.05) is 5.73 Å². The molecule has 0 radical (unpaired) electrons. The molecule has 2 N–H and O–H groups in total. The van der Waals surface area contributed by atoms with E-state index in [0.717, 1.165) is 25.2 Å². The van der Waals surface area contributed by atoms with Gasteiger partial charge < -0.3 is 15.0 Å². The number of esters is 1. The van der Waals surface area contributed by atoms with Gasteiger partial charge >= 0.3 is 5.97 Å². The number of hydrogen-bond donors (Lipinski definition) is 1. The average molecular weight is 223 g/mol. The number of carbonyl (C=O) groups is 1. The quantitative estimate of drug-likeness (QED) is 0.730. The molecule has 0 saturated heterocycles. The van der Waals surface area contributed by atoms with Gasteiger partial charge in [0.1, 0.15) is 11.4 Å². The fourth-order valence-corrected chi connectivity index (χ4v) is 1.89. The first kappa shape index (κ1) is 11.0. The first-order valence-electron chi connectivity index (χ1n) is 5.47. The van der Waals surface area contributed by atoms with Crippen LogP contribution in [0.1, 0.15) is 43.5 Å². The predicted molar refractivity (Wildman–Crippen MR) is 60.1 cm³/mol. The Labute approximate surface area is 94.6 Å². The molecular formula is C11H17N3O2. The van der Waals surface area contributed by atoms with Crippen molar-refractivity contribution in [1.82, 2.24) is 9.55 Å². The molecule has 0 unspecified atom stereocenters. The number of anilines is 1. The number of imidazole rings is 1. The number of rotatable bonds is 1. The van der Waals surface area contributed by atoms with Crippen molar-refractivity contribution in [3.8, 4) is 0 Å². The lowest BCUT2D eigenvalue weighted by molar-refractivity contribution is 0.00593. The van der Waals surface area contributed by atoms with Crippen LogP contribution in [0, 0.1) is 0 Å². The summed E-state index contributed by atoms with van der Waals surface area (Å²) >= 11 is 0. The zero-order valence-electron chi connectivity index (χ0n) is 9.91. The maximum atomic E-state index is 11.9. The van der Waals surface area contributed by atoms with Gasteiger partial charge in [-0.25, -0.2) is 9.78 Å². The van der Waals surface area contributed by atoms with Crippen LogP contribution in [0.5, 0.6) is 0 Å². The standard InChI is InChI=1S/C11H17N3O2/c1-11(2,3)16-10(15)8-9(12)13-7-5-4-6-14(7)8/h4-6,12H2,1-3H3. The Morgan fingerprint density at radius 1 is 1.50 bits per heavy atom. The number of ether oxygens (including phenoxy) is 1. The Morgan fingerprint density at radius 3 is 2.81 bits per heavy atom. The molecule has 2 heterocycles. The molecule has 0 aliphatic carbocycles. The Hall–Kier alpha value is -1.52. The van der Waals surface area contributed by atoms with E-state index in [1.54, 1.807) is 0 Å². The van der Waals surface area contributed by atoms with Gasteiger partial charge in [-0.1, -0.05) is 0 Å². The smallest absolute Gasteiger partial charge is 0.359 e. The lowest BCUT2D eigenvalue weighted by Gasteiger charge is -2.19. The Morgan fingerprint density at radius 2 is 2.19 bits per heavy atom. The molecule has 0 saturated carbocycles. The van der Waals surface area contributed by atoms with Gasteiger partial charge in [0.15, 0.2) is 11.5 Å².